The Kier molecular flexibility index (Phi) is 6.46. The van der Waals surface area contributed by atoms with Crippen LogP contribution in [0.25, 0.3) is 0 Å². The molecule has 2 heterocycles. The summed E-state index contributed by atoms with van der Waals surface area (Å²) in [4.78, 5) is 56.0. The summed E-state index contributed by atoms with van der Waals surface area (Å²) in [5, 5.41) is 0.438. The van der Waals surface area contributed by atoms with Gasteiger partial charge in [0.2, 0.25) is 0 Å². The van der Waals surface area contributed by atoms with Gasteiger partial charge in [0.25, 0.3) is 11.5 Å². The van der Waals surface area contributed by atoms with Gasteiger partial charge in [-0.2, -0.15) is 0 Å². The third-order valence-corrected chi connectivity index (χ3v) is 6.15. The van der Waals surface area contributed by atoms with Gasteiger partial charge in [0.05, 0.1) is 6.54 Å². The van der Waals surface area contributed by atoms with Gasteiger partial charge in [-0.25, -0.2) is 4.79 Å². The molecule has 1 aliphatic rings. The monoisotopic (exact) mass is 466 g/mol. The number of H-pyrrole nitrogens is 1. The second kappa shape index (κ2) is 9.46. The first-order chi connectivity index (χ1) is 15.8. The molecule has 8 nitrogen and oxygen atoms in total. The van der Waals surface area contributed by atoms with Crippen molar-refractivity contribution in [2.45, 2.75) is 13.5 Å². The number of carbonyl (C=O) groups is 2. The highest BCUT2D eigenvalue weighted by Gasteiger charge is 2.25. The third kappa shape index (κ3) is 4.75. The van der Waals surface area contributed by atoms with Crippen LogP contribution in [-0.4, -0.2) is 52.3 Å². The molecule has 1 saturated heterocycles. The molecule has 0 radical (unpaired) electrons. The highest BCUT2D eigenvalue weighted by atomic mass is 35.5. The number of nitrogens with one attached hydrogen (secondary N) is 1. The maximum absolute atomic E-state index is 13.1. The van der Waals surface area contributed by atoms with E-state index in [1.54, 1.807) is 41.3 Å². The van der Waals surface area contributed by atoms with Crippen LogP contribution in [0.15, 0.2) is 64.3 Å². The molecule has 0 atom stereocenters. The summed E-state index contributed by atoms with van der Waals surface area (Å²) >= 11 is 6.17. The quantitative estimate of drug-likeness (QED) is 0.582. The van der Waals surface area contributed by atoms with Crippen molar-refractivity contribution >= 4 is 29.0 Å². The molecule has 170 valence electrons. The molecule has 3 aromatic rings. The Morgan fingerprint density at radius 3 is 2.27 bits per heavy atom. The van der Waals surface area contributed by atoms with Gasteiger partial charge in [0.15, 0.2) is 5.78 Å². The summed E-state index contributed by atoms with van der Waals surface area (Å²) < 4.78 is 0.987. The number of halogens is 1. The minimum absolute atomic E-state index is 0.0121. The maximum atomic E-state index is 13.1. The molecule has 0 saturated carbocycles. The largest absolute Gasteiger partial charge is 0.368 e. The van der Waals surface area contributed by atoms with E-state index in [0.29, 0.717) is 42.3 Å². The molecule has 0 bridgehead atoms. The summed E-state index contributed by atoms with van der Waals surface area (Å²) in [6.45, 7) is 3.52. The lowest BCUT2D eigenvalue weighted by atomic mass is 10.1. The van der Waals surface area contributed by atoms with Gasteiger partial charge in [0.1, 0.15) is 5.56 Å². The predicted octanol–water partition coefficient (Wildman–Crippen LogP) is 2.40. The zero-order valence-electron chi connectivity index (χ0n) is 18.1. The number of rotatable bonds is 5. The van der Waals surface area contributed by atoms with E-state index in [2.05, 4.69) is 9.88 Å². The van der Waals surface area contributed by atoms with Gasteiger partial charge < -0.3 is 14.8 Å². The highest BCUT2D eigenvalue weighted by Crippen LogP contribution is 2.18. The van der Waals surface area contributed by atoms with Crippen molar-refractivity contribution in [3.8, 4) is 0 Å². The molecule has 9 heteroatoms. The van der Waals surface area contributed by atoms with Crippen molar-refractivity contribution in [1.82, 2.24) is 14.5 Å². The minimum Gasteiger partial charge on any atom is -0.368 e. The van der Waals surface area contributed by atoms with E-state index in [-0.39, 0.29) is 17.9 Å². The molecule has 1 aliphatic heterocycles. The van der Waals surface area contributed by atoms with Crippen molar-refractivity contribution < 1.29 is 9.59 Å². The third-order valence-electron chi connectivity index (χ3n) is 5.78. The number of hydrogen-bond donors (Lipinski definition) is 1. The lowest BCUT2D eigenvalue weighted by Crippen LogP contribution is -2.50. The molecule has 0 unspecified atom stereocenters. The Morgan fingerprint density at radius 2 is 1.64 bits per heavy atom. The fraction of sp³-hybridized carbons (Fsp3) is 0.250. The van der Waals surface area contributed by atoms with Crippen LogP contribution in [0, 0.1) is 0 Å². The van der Waals surface area contributed by atoms with Crippen LogP contribution >= 0.6 is 11.6 Å². The number of piperazine rings is 1. The number of anilines is 1. The molecule has 1 fully saturated rings. The van der Waals surface area contributed by atoms with E-state index in [4.69, 9.17) is 11.6 Å². The molecule has 1 aromatic heterocycles. The van der Waals surface area contributed by atoms with Crippen LogP contribution in [0.2, 0.25) is 5.02 Å². The lowest BCUT2D eigenvalue weighted by molar-refractivity contribution is 0.0743. The van der Waals surface area contributed by atoms with Gasteiger partial charge in [-0.15, -0.1) is 0 Å². The number of aromatic amines is 1. The average molecular weight is 467 g/mol. The lowest BCUT2D eigenvalue weighted by Gasteiger charge is -2.36. The second-order valence-corrected chi connectivity index (χ2v) is 8.28. The van der Waals surface area contributed by atoms with Crippen LogP contribution in [0.4, 0.5) is 5.69 Å². The molecule has 33 heavy (non-hydrogen) atoms. The van der Waals surface area contributed by atoms with E-state index >= 15 is 0 Å². The van der Waals surface area contributed by atoms with Gasteiger partial charge in [-0.1, -0.05) is 29.8 Å². The SMILES string of the molecule is CC(=O)c1ccc(N2CCN(C(=O)c3c[nH]c(=O)n(Cc4ccccc4Cl)c3=O)CC2)cc1. The standard InChI is InChI=1S/C24H23ClN4O4/c1-16(30)17-6-8-19(9-7-17)27-10-12-28(13-11-27)22(31)20-14-26-24(33)29(23(20)32)15-18-4-2-3-5-21(18)25/h2-9,14H,10-13,15H2,1H3,(H,26,33). The van der Waals surface area contributed by atoms with E-state index in [0.717, 1.165) is 10.3 Å². The van der Waals surface area contributed by atoms with E-state index in [9.17, 15) is 19.2 Å². The zero-order chi connectivity index (χ0) is 23.5. The molecule has 4 rings (SSSR count). The van der Waals surface area contributed by atoms with Crippen LogP contribution in [0.1, 0.15) is 33.2 Å². The Bertz CT molecular complexity index is 1310. The zero-order valence-corrected chi connectivity index (χ0v) is 18.8. The predicted molar refractivity (Wildman–Crippen MR) is 126 cm³/mol. The molecule has 1 N–H and O–H groups in total. The van der Waals surface area contributed by atoms with Crippen molar-refractivity contribution in [3.63, 3.8) is 0 Å². The Labute approximate surface area is 195 Å². The van der Waals surface area contributed by atoms with Gasteiger partial charge in [0, 0.05) is 48.6 Å². The van der Waals surface area contributed by atoms with Crippen molar-refractivity contribution in [2.24, 2.45) is 0 Å². The highest BCUT2D eigenvalue weighted by molar-refractivity contribution is 6.31. The smallest absolute Gasteiger partial charge is 0.328 e. The number of nitrogens with zero attached hydrogens (tertiary/aromatic N) is 3. The van der Waals surface area contributed by atoms with Gasteiger partial charge in [-0.3, -0.25) is 19.0 Å². The Morgan fingerprint density at radius 1 is 0.970 bits per heavy atom. The average Bonchev–Trinajstić information content (AvgIpc) is 2.82. The first-order valence-electron chi connectivity index (χ1n) is 10.6. The fourth-order valence-electron chi connectivity index (χ4n) is 3.85. The molecular formula is C24H23ClN4O4. The van der Waals surface area contributed by atoms with Crippen LogP contribution in [0.3, 0.4) is 0 Å². The summed E-state index contributed by atoms with van der Waals surface area (Å²) in [7, 11) is 0. The van der Waals surface area contributed by atoms with E-state index < -0.39 is 17.2 Å². The first kappa shape index (κ1) is 22.5. The van der Waals surface area contributed by atoms with Crippen molar-refractivity contribution in [3.05, 3.63) is 97.3 Å². The van der Waals surface area contributed by atoms with Crippen LogP contribution < -0.4 is 16.1 Å². The number of benzene rings is 2. The Hall–Kier alpha value is -3.65. The summed E-state index contributed by atoms with van der Waals surface area (Å²) in [6, 6.07) is 14.3. The second-order valence-electron chi connectivity index (χ2n) is 7.87. The summed E-state index contributed by atoms with van der Waals surface area (Å²) in [5.74, 6) is -0.409. The minimum atomic E-state index is -0.647. The number of Topliss-reactive ketones (excluding diaryl/α,β-unsaturated/α-hetero) is 1. The number of ketones is 1. The first-order valence-corrected chi connectivity index (χ1v) is 10.9. The van der Waals surface area contributed by atoms with E-state index in [1.165, 1.54) is 13.1 Å². The number of amides is 1. The molecular weight excluding hydrogens is 444 g/mol. The molecule has 0 aliphatic carbocycles. The topological polar surface area (TPSA) is 95.5 Å². The molecule has 1 amide bonds. The van der Waals surface area contributed by atoms with Crippen LogP contribution in [-0.2, 0) is 6.54 Å². The van der Waals surface area contributed by atoms with Crippen molar-refractivity contribution in [1.29, 1.82) is 0 Å². The van der Waals surface area contributed by atoms with Gasteiger partial charge >= 0.3 is 5.69 Å². The van der Waals surface area contributed by atoms with E-state index in [1.807, 2.05) is 12.1 Å². The van der Waals surface area contributed by atoms with Crippen molar-refractivity contribution in [2.75, 3.05) is 31.1 Å². The summed E-state index contributed by atoms with van der Waals surface area (Å²) in [5.41, 5.74) is 0.903. The van der Waals surface area contributed by atoms with Gasteiger partial charge in [-0.05, 0) is 42.8 Å². The normalized spacial score (nSPS) is 13.8. The fourth-order valence-corrected chi connectivity index (χ4v) is 4.05. The Balaban J connectivity index is 1.49. The number of hydrogen-bond acceptors (Lipinski definition) is 5. The number of carbonyl (C=O) groups excluding carboxylic acids is 2. The summed E-state index contributed by atoms with van der Waals surface area (Å²) in [6.07, 6.45) is 1.18. The molecule has 0 spiro atoms. The van der Waals surface area contributed by atoms with Crippen LogP contribution in [0.5, 0.6) is 0 Å². The maximum Gasteiger partial charge on any atom is 0.328 e. The molecule has 2 aromatic carbocycles. The number of aromatic nitrogens is 2.